The van der Waals surface area contributed by atoms with Crippen molar-refractivity contribution in [1.82, 2.24) is 9.03 Å². The molecule has 6 aromatic rings. The summed E-state index contributed by atoms with van der Waals surface area (Å²) in [4.78, 5) is 0. The molecule has 0 amide bonds. The lowest BCUT2D eigenvalue weighted by atomic mass is 9.92. The highest BCUT2D eigenvalue weighted by molar-refractivity contribution is 5.71. The molecule has 0 aliphatic carbocycles. The third-order valence-corrected chi connectivity index (χ3v) is 6.82. The molecule has 184 valence electrons. The van der Waals surface area contributed by atoms with E-state index in [-0.39, 0.29) is 28.7 Å². The summed E-state index contributed by atoms with van der Waals surface area (Å²) in [6, 6.07) is 18.9. The Bertz CT molecular complexity index is 1700. The van der Waals surface area contributed by atoms with Gasteiger partial charge in [0.2, 0.25) is 11.4 Å². The van der Waals surface area contributed by atoms with Crippen molar-refractivity contribution in [2.24, 2.45) is 14.1 Å². The van der Waals surface area contributed by atoms with Crippen LogP contribution in [0.5, 0.6) is 0 Å². The van der Waals surface area contributed by atoms with Crippen LogP contribution in [-0.4, -0.2) is 9.03 Å². The lowest BCUT2D eigenvalue weighted by Crippen LogP contribution is -2.37. The van der Waals surface area contributed by atoms with Gasteiger partial charge < -0.3 is 0 Å². The Morgan fingerprint density at radius 2 is 1.03 bits per heavy atom. The molecule has 0 fully saturated rings. The topological polar surface area (TPSA) is 16.6 Å². The van der Waals surface area contributed by atoms with Gasteiger partial charge in [-0.1, -0.05) is 12.1 Å². The van der Waals surface area contributed by atoms with Crippen molar-refractivity contribution in [2.75, 3.05) is 0 Å². The van der Waals surface area contributed by atoms with Gasteiger partial charge in [-0.15, -0.1) is 18.4 Å². The highest BCUT2D eigenvalue weighted by atomic mass is 19.1. The molecule has 4 heterocycles. The van der Waals surface area contributed by atoms with Gasteiger partial charge >= 0.3 is 0 Å². The third kappa shape index (κ3) is 3.76. The van der Waals surface area contributed by atoms with Gasteiger partial charge in [0.05, 0.1) is 23.5 Å². The van der Waals surface area contributed by atoms with Gasteiger partial charge in [-0.05, 0) is 53.9 Å². The van der Waals surface area contributed by atoms with Gasteiger partial charge in [0.15, 0.2) is 14.1 Å². The Hall–Kier alpha value is -4.46. The van der Waals surface area contributed by atoms with E-state index in [0.29, 0.717) is 11.4 Å². The van der Waals surface area contributed by atoms with Gasteiger partial charge in [-0.2, -0.15) is 0 Å². The van der Waals surface area contributed by atoms with E-state index < -0.39 is 23.3 Å². The molecule has 0 atom stereocenters. The molecular formula is C29H22F4N4+2. The van der Waals surface area contributed by atoms with E-state index in [2.05, 4.69) is 0 Å². The van der Waals surface area contributed by atoms with E-state index in [9.17, 15) is 8.78 Å². The van der Waals surface area contributed by atoms with Gasteiger partial charge in [0.1, 0.15) is 34.3 Å². The molecule has 8 heteroatoms. The van der Waals surface area contributed by atoms with E-state index in [0.717, 1.165) is 23.2 Å². The SMILES string of the molecule is C[n+]1c(-c2c(F)cc(F)cc2Cc2cc(F)cc(F)c2-c2cc3ccccn3[n+]2C)cc2ccccn21. The summed E-state index contributed by atoms with van der Waals surface area (Å²) in [6.07, 6.45) is 3.57. The van der Waals surface area contributed by atoms with Crippen LogP contribution in [0.25, 0.3) is 33.5 Å². The fourth-order valence-corrected chi connectivity index (χ4v) is 5.15. The van der Waals surface area contributed by atoms with Crippen molar-refractivity contribution in [3.63, 3.8) is 0 Å². The highest BCUT2D eigenvalue weighted by Crippen LogP contribution is 2.33. The number of benzene rings is 2. The molecule has 4 aromatic heterocycles. The van der Waals surface area contributed by atoms with Crippen molar-refractivity contribution < 1.29 is 26.9 Å². The molecular weight excluding hydrogens is 480 g/mol. The second-order valence-corrected chi connectivity index (χ2v) is 9.07. The van der Waals surface area contributed by atoms with E-state index in [1.807, 2.05) is 57.8 Å². The molecule has 2 aromatic carbocycles. The van der Waals surface area contributed by atoms with Crippen LogP contribution >= 0.6 is 0 Å². The van der Waals surface area contributed by atoms with Crippen molar-refractivity contribution >= 4 is 11.0 Å². The first-order chi connectivity index (χ1) is 17.8. The Morgan fingerprint density at radius 1 is 0.595 bits per heavy atom. The summed E-state index contributed by atoms with van der Waals surface area (Å²) in [7, 11) is 3.55. The minimum absolute atomic E-state index is 0.0909. The van der Waals surface area contributed by atoms with Crippen molar-refractivity contribution in [1.29, 1.82) is 0 Å². The van der Waals surface area contributed by atoms with Crippen LogP contribution in [0.15, 0.2) is 85.2 Å². The zero-order valence-corrected chi connectivity index (χ0v) is 20.1. The van der Waals surface area contributed by atoms with E-state index in [1.54, 1.807) is 35.6 Å². The van der Waals surface area contributed by atoms with Gasteiger partial charge in [-0.25, -0.2) is 17.6 Å². The smallest absolute Gasteiger partial charge is 0.207 e. The molecule has 0 unspecified atom stereocenters. The second-order valence-electron chi connectivity index (χ2n) is 9.07. The average Bonchev–Trinajstić information content (AvgIpc) is 3.35. The number of hydrogen-bond acceptors (Lipinski definition) is 0. The van der Waals surface area contributed by atoms with Crippen LogP contribution in [0.3, 0.4) is 0 Å². The lowest BCUT2D eigenvalue weighted by Gasteiger charge is -2.12. The number of hydrogen-bond donors (Lipinski definition) is 0. The maximum atomic E-state index is 15.4. The zero-order chi connectivity index (χ0) is 25.8. The summed E-state index contributed by atoms with van der Waals surface area (Å²) in [5.74, 6) is -3.03. The number of nitrogens with zero attached hydrogens (tertiary/aromatic N) is 4. The molecule has 6 rings (SSSR count). The van der Waals surface area contributed by atoms with Crippen LogP contribution < -0.4 is 9.36 Å². The quantitative estimate of drug-likeness (QED) is 0.229. The summed E-state index contributed by atoms with van der Waals surface area (Å²) < 4.78 is 66.9. The molecule has 37 heavy (non-hydrogen) atoms. The number of aromatic nitrogens is 4. The summed E-state index contributed by atoms with van der Waals surface area (Å²) in [5.41, 5.74) is 3.57. The van der Waals surface area contributed by atoms with E-state index in [1.165, 1.54) is 12.1 Å². The van der Waals surface area contributed by atoms with Gasteiger partial charge in [0, 0.05) is 24.3 Å². The van der Waals surface area contributed by atoms with Crippen LogP contribution in [-0.2, 0) is 20.5 Å². The Balaban J connectivity index is 1.57. The zero-order valence-electron chi connectivity index (χ0n) is 20.1. The second kappa shape index (κ2) is 8.58. The van der Waals surface area contributed by atoms with Crippen molar-refractivity contribution in [2.45, 2.75) is 6.42 Å². The fourth-order valence-electron chi connectivity index (χ4n) is 5.15. The molecule has 0 aliphatic rings. The summed E-state index contributed by atoms with van der Waals surface area (Å²) >= 11 is 0. The van der Waals surface area contributed by atoms with Crippen LogP contribution in [0.2, 0.25) is 0 Å². The van der Waals surface area contributed by atoms with Crippen molar-refractivity contribution in [3.8, 4) is 22.5 Å². The maximum Gasteiger partial charge on any atom is 0.242 e. The highest BCUT2D eigenvalue weighted by Gasteiger charge is 2.28. The minimum atomic E-state index is -0.763. The first kappa shape index (κ1) is 23.0. The lowest BCUT2D eigenvalue weighted by molar-refractivity contribution is -0.727. The van der Waals surface area contributed by atoms with Crippen molar-refractivity contribution in [3.05, 3.63) is 120 Å². The first-order valence-corrected chi connectivity index (χ1v) is 11.7. The molecule has 0 saturated heterocycles. The molecule has 0 saturated carbocycles. The number of halogens is 4. The standard InChI is InChI=1S/C29H22F4N4/c1-34-26(16-22-7-3-5-9-36(22)34)28-18(12-20(30)14-24(28)32)11-19-13-21(31)15-25(33)29(19)27-17-23-8-4-6-10-37(23)35(27)2/h3-10,12-17H,11H2,1-2H3/q+2. The van der Waals surface area contributed by atoms with Crippen LogP contribution in [0.4, 0.5) is 17.6 Å². The van der Waals surface area contributed by atoms with Gasteiger partial charge in [0.25, 0.3) is 0 Å². The molecule has 0 radical (unpaired) electrons. The normalized spacial score (nSPS) is 11.6. The number of pyridine rings is 2. The Labute approximate surface area is 209 Å². The minimum Gasteiger partial charge on any atom is -0.207 e. The number of aryl methyl sites for hydroxylation is 2. The van der Waals surface area contributed by atoms with Crippen LogP contribution in [0.1, 0.15) is 11.1 Å². The summed E-state index contributed by atoms with van der Waals surface area (Å²) in [6.45, 7) is 0. The maximum absolute atomic E-state index is 15.4. The molecule has 0 bridgehead atoms. The average molecular weight is 503 g/mol. The van der Waals surface area contributed by atoms with E-state index in [4.69, 9.17) is 0 Å². The molecule has 4 nitrogen and oxygen atoms in total. The Morgan fingerprint density at radius 3 is 1.43 bits per heavy atom. The fraction of sp³-hybridized carbons (Fsp3) is 0.103. The Kier molecular flexibility index (Phi) is 5.33. The van der Waals surface area contributed by atoms with Gasteiger partial charge in [-0.3, -0.25) is 0 Å². The predicted octanol–water partition coefficient (Wildman–Crippen LogP) is 5.32. The third-order valence-electron chi connectivity index (χ3n) is 6.82. The van der Waals surface area contributed by atoms with E-state index >= 15 is 8.78 Å². The number of rotatable bonds is 4. The molecule has 0 aliphatic heterocycles. The molecule has 0 spiro atoms. The summed E-state index contributed by atoms with van der Waals surface area (Å²) in [5, 5.41) is 0. The predicted molar refractivity (Wildman–Crippen MR) is 131 cm³/mol. The van der Waals surface area contributed by atoms with Crippen LogP contribution in [0, 0.1) is 23.3 Å². The number of fused-ring (bicyclic) bond motifs is 2. The monoisotopic (exact) mass is 502 g/mol. The molecule has 0 N–H and O–H groups in total. The largest absolute Gasteiger partial charge is 0.242 e. The first-order valence-electron chi connectivity index (χ1n) is 11.7.